The zero-order valence-corrected chi connectivity index (χ0v) is 17.8. The van der Waals surface area contributed by atoms with Gasteiger partial charge in [0.1, 0.15) is 5.75 Å². The molecule has 13 heteroatoms. The Morgan fingerprint density at radius 3 is 2.25 bits per heavy atom. The Hall–Kier alpha value is -3.35. The van der Waals surface area contributed by atoms with Gasteiger partial charge in [0, 0.05) is 33.4 Å². The molecule has 1 aliphatic heterocycles. The Morgan fingerprint density at radius 2 is 1.75 bits per heavy atom. The predicted octanol–water partition coefficient (Wildman–Crippen LogP) is 1.56. The third-order valence-corrected chi connectivity index (χ3v) is 6.47. The number of aromatic nitrogens is 1. The number of benzene rings is 1. The molecule has 2 heterocycles. The van der Waals surface area contributed by atoms with Crippen LogP contribution in [0.25, 0.3) is 0 Å². The van der Waals surface area contributed by atoms with E-state index in [9.17, 15) is 31.2 Å². The number of rotatable bonds is 5. The molecule has 32 heavy (non-hydrogen) atoms. The van der Waals surface area contributed by atoms with Gasteiger partial charge in [-0.2, -0.15) is 0 Å². The maximum absolute atomic E-state index is 12.8. The fraction of sp³-hybridized carbons (Fsp3) is 0.316. The first-order valence-corrected chi connectivity index (χ1v) is 10.6. The molecule has 9 nitrogen and oxygen atoms in total. The van der Waals surface area contributed by atoms with Crippen LogP contribution in [0.5, 0.6) is 5.75 Å². The molecule has 1 fully saturated rings. The summed E-state index contributed by atoms with van der Waals surface area (Å²) in [5, 5.41) is 0. The number of likely N-dealkylation sites (tertiary alicyclic amines) is 1. The van der Waals surface area contributed by atoms with Gasteiger partial charge >= 0.3 is 6.36 Å². The first-order chi connectivity index (χ1) is 14.8. The molecule has 2 N–H and O–H groups in total. The summed E-state index contributed by atoms with van der Waals surface area (Å²) in [6.45, 7) is 0.396. The highest BCUT2D eigenvalue weighted by molar-refractivity contribution is 7.91. The number of halogens is 3. The van der Waals surface area contributed by atoms with Crippen molar-refractivity contribution >= 4 is 27.3 Å². The number of nitrogen functional groups attached to an aromatic ring is 1. The summed E-state index contributed by atoms with van der Waals surface area (Å²) < 4.78 is 66.0. The van der Waals surface area contributed by atoms with Gasteiger partial charge in [0.15, 0.2) is 5.69 Å². The van der Waals surface area contributed by atoms with Crippen molar-refractivity contribution < 1.29 is 35.9 Å². The summed E-state index contributed by atoms with van der Waals surface area (Å²) in [6.07, 6.45) is -3.96. The van der Waals surface area contributed by atoms with Crippen LogP contribution in [0.4, 0.5) is 18.9 Å². The smallest absolute Gasteiger partial charge is 0.406 e. The number of ether oxygens (including phenoxy) is 1. The maximum atomic E-state index is 12.8. The van der Waals surface area contributed by atoms with E-state index < -0.39 is 27.9 Å². The van der Waals surface area contributed by atoms with Crippen molar-refractivity contribution in [1.82, 2.24) is 14.8 Å². The molecule has 0 aliphatic carbocycles. The largest absolute Gasteiger partial charge is 0.573 e. The molecular weight excluding hydrogens is 453 g/mol. The second kappa shape index (κ2) is 8.30. The van der Waals surface area contributed by atoms with Crippen LogP contribution >= 0.6 is 0 Å². The molecule has 1 aromatic heterocycles. The molecule has 3 rings (SSSR count). The number of nitrogens with two attached hydrogens (primary N) is 1. The van der Waals surface area contributed by atoms with Crippen molar-refractivity contribution in [3.8, 4) is 5.75 Å². The number of anilines is 1. The van der Waals surface area contributed by atoms with Crippen LogP contribution in [0.15, 0.2) is 46.3 Å². The van der Waals surface area contributed by atoms with E-state index in [0.717, 1.165) is 36.5 Å². The molecule has 2 aromatic rings. The molecule has 1 aromatic carbocycles. The van der Waals surface area contributed by atoms with E-state index in [4.69, 9.17) is 5.73 Å². The van der Waals surface area contributed by atoms with E-state index in [1.807, 2.05) is 0 Å². The minimum Gasteiger partial charge on any atom is -0.406 e. The number of hydrogen-bond acceptors (Lipinski definition) is 7. The van der Waals surface area contributed by atoms with Gasteiger partial charge in [-0.15, -0.1) is 13.2 Å². The molecule has 1 aliphatic rings. The van der Waals surface area contributed by atoms with Crippen molar-refractivity contribution in [3.05, 3.63) is 42.2 Å². The molecule has 0 saturated carbocycles. The summed E-state index contributed by atoms with van der Waals surface area (Å²) in [4.78, 5) is 30.5. The number of carbonyl (C=O) groups excluding carboxylic acids is 2. The number of amides is 2. The molecule has 0 unspecified atom stereocenters. The fourth-order valence-electron chi connectivity index (χ4n) is 3.06. The topological polar surface area (TPSA) is 123 Å². The van der Waals surface area contributed by atoms with Crippen molar-refractivity contribution in [2.24, 2.45) is 5.92 Å². The molecule has 1 saturated heterocycles. The summed E-state index contributed by atoms with van der Waals surface area (Å²) in [7, 11) is -0.933. The van der Waals surface area contributed by atoms with E-state index in [1.165, 1.54) is 9.80 Å². The van der Waals surface area contributed by atoms with Gasteiger partial charge in [-0.3, -0.25) is 9.59 Å². The van der Waals surface area contributed by atoms with E-state index in [-0.39, 0.29) is 46.1 Å². The highest BCUT2D eigenvalue weighted by atomic mass is 32.2. The van der Waals surface area contributed by atoms with Gasteiger partial charge in [-0.05, 0) is 30.3 Å². The van der Waals surface area contributed by atoms with E-state index in [2.05, 4.69) is 9.72 Å². The van der Waals surface area contributed by atoms with Crippen molar-refractivity contribution in [2.45, 2.75) is 16.2 Å². The van der Waals surface area contributed by atoms with Gasteiger partial charge in [0.05, 0.1) is 21.4 Å². The van der Waals surface area contributed by atoms with Crippen LogP contribution < -0.4 is 10.5 Å². The predicted molar refractivity (Wildman–Crippen MR) is 105 cm³/mol. The highest BCUT2D eigenvalue weighted by Crippen LogP contribution is 2.28. The zero-order chi connectivity index (χ0) is 23.8. The Balaban J connectivity index is 1.76. The minimum atomic E-state index is -4.91. The van der Waals surface area contributed by atoms with Gasteiger partial charge in [0.25, 0.3) is 5.91 Å². The SMILES string of the molecule is CN(C)C(=O)C1CN(C(=O)c2ncc(S(=O)(=O)c3ccc(OC(F)(F)F)cc3)cc2N)C1. The van der Waals surface area contributed by atoms with Crippen LogP contribution in [0.3, 0.4) is 0 Å². The Bertz CT molecular complexity index is 1140. The first kappa shape index (κ1) is 23.3. The lowest BCUT2D eigenvalue weighted by Crippen LogP contribution is -2.55. The van der Waals surface area contributed by atoms with Crippen LogP contribution in [0, 0.1) is 5.92 Å². The fourth-order valence-corrected chi connectivity index (χ4v) is 4.30. The molecule has 172 valence electrons. The number of pyridine rings is 1. The molecular formula is C19H19F3N4O5S. The number of carbonyl (C=O) groups is 2. The monoisotopic (exact) mass is 472 g/mol. The standard InChI is InChI=1S/C19H19F3N4O5S/c1-25(2)17(27)11-9-26(10-11)18(28)16-15(23)7-14(8-24-16)32(29,30)13-5-3-12(4-6-13)31-19(20,21)22/h3-8,11H,9-10,23H2,1-2H3. The molecule has 0 atom stereocenters. The lowest BCUT2D eigenvalue weighted by molar-refractivity contribution is -0.274. The van der Waals surface area contributed by atoms with Crippen molar-refractivity contribution in [3.63, 3.8) is 0 Å². The van der Waals surface area contributed by atoms with Gasteiger partial charge in [-0.25, -0.2) is 13.4 Å². The van der Waals surface area contributed by atoms with E-state index >= 15 is 0 Å². The van der Waals surface area contributed by atoms with Crippen molar-refractivity contribution in [2.75, 3.05) is 32.9 Å². The third kappa shape index (κ3) is 4.77. The van der Waals surface area contributed by atoms with E-state index in [1.54, 1.807) is 14.1 Å². The number of hydrogen-bond donors (Lipinski definition) is 1. The quantitative estimate of drug-likeness (QED) is 0.701. The number of nitrogens with zero attached hydrogens (tertiary/aromatic N) is 3. The molecule has 0 bridgehead atoms. The summed E-state index contributed by atoms with van der Waals surface area (Å²) >= 11 is 0. The second-order valence-electron chi connectivity index (χ2n) is 7.27. The average molecular weight is 472 g/mol. The van der Waals surface area contributed by atoms with Gasteiger partial charge in [-0.1, -0.05) is 0 Å². The number of alkyl halides is 3. The van der Waals surface area contributed by atoms with Gasteiger partial charge < -0.3 is 20.3 Å². The second-order valence-corrected chi connectivity index (χ2v) is 9.22. The normalized spacial score (nSPS) is 14.6. The third-order valence-electron chi connectivity index (χ3n) is 4.73. The van der Waals surface area contributed by atoms with E-state index in [0.29, 0.717) is 0 Å². The highest BCUT2D eigenvalue weighted by Gasteiger charge is 2.38. The Morgan fingerprint density at radius 1 is 1.16 bits per heavy atom. The summed E-state index contributed by atoms with van der Waals surface area (Å²) in [6, 6.07) is 4.69. The van der Waals surface area contributed by atoms with Crippen LogP contribution in [-0.2, 0) is 14.6 Å². The molecule has 2 amide bonds. The van der Waals surface area contributed by atoms with Crippen LogP contribution in [0.1, 0.15) is 10.5 Å². The average Bonchev–Trinajstić information content (AvgIpc) is 2.65. The molecule has 0 spiro atoms. The van der Waals surface area contributed by atoms with Crippen LogP contribution in [-0.4, -0.2) is 68.6 Å². The summed E-state index contributed by atoms with van der Waals surface area (Å²) in [5.74, 6) is -1.54. The lowest BCUT2D eigenvalue weighted by Gasteiger charge is -2.39. The Kier molecular flexibility index (Phi) is 6.05. The molecule has 0 radical (unpaired) electrons. The Labute approximate surface area is 181 Å². The maximum Gasteiger partial charge on any atom is 0.573 e. The minimum absolute atomic E-state index is 0.108. The van der Waals surface area contributed by atoms with Crippen LogP contribution in [0.2, 0.25) is 0 Å². The lowest BCUT2D eigenvalue weighted by atomic mass is 9.98. The van der Waals surface area contributed by atoms with Gasteiger partial charge in [0.2, 0.25) is 15.7 Å². The first-order valence-electron chi connectivity index (χ1n) is 9.16. The summed E-state index contributed by atoms with van der Waals surface area (Å²) in [5.41, 5.74) is 5.51. The zero-order valence-electron chi connectivity index (χ0n) is 17.0. The number of sulfone groups is 1. The van der Waals surface area contributed by atoms with Crippen molar-refractivity contribution in [1.29, 1.82) is 0 Å².